The van der Waals surface area contributed by atoms with E-state index in [1.165, 1.54) is 0 Å². The lowest BCUT2D eigenvalue weighted by Crippen LogP contribution is -2.36. The van der Waals surface area contributed by atoms with E-state index in [0.29, 0.717) is 18.9 Å². The first-order valence-corrected chi connectivity index (χ1v) is 9.72. The predicted octanol–water partition coefficient (Wildman–Crippen LogP) is 2.62. The van der Waals surface area contributed by atoms with Crippen LogP contribution in [0.1, 0.15) is 38.3 Å². The summed E-state index contributed by atoms with van der Waals surface area (Å²) in [6, 6.07) is 7.73. The van der Waals surface area contributed by atoms with Crippen molar-refractivity contribution in [3.05, 3.63) is 42.5 Å². The third-order valence-corrected chi connectivity index (χ3v) is 4.83. The maximum absolute atomic E-state index is 12.1. The maximum atomic E-state index is 12.1. The van der Waals surface area contributed by atoms with Crippen molar-refractivity contribution in [3.63, 3.8) is 0 Å². The summed E-state index contributed by atoms with van der Waals surface area (Å²) in [6.45, 7) is 5.33. The van der Waals surface area contributed by atoms with Crippen LogP contribution in [0, 0.1) is 5.92 Å². The Bertz CT molecular complexity index is 723. The second-order valence-corrected chi connectivity index (χ2v) is 6.88. The number of anilines is 2. The van der Waals surface area contributed by atoms with Gasteiger partial charge in [-0.3, -0.25) is 9.78 Å². The lowest BCUT2D eigenvalue weighted by Gasteiger charge is -2.33. The number of aromatic nitrogens is 3. The quantitative estimate of drug-likeness (QED) is 0.745. The van der Waals surface area contributed by atoms with E-state index in [-0.39, 0.29) is 5.91 Å². The van der Waals surface area contributed by atoms with Gasteiger partial charge in [-0.25, -0.2) is 9.97 Å². The molecule has 1 aliphatic heterocycles. The summed E-state index contributed by atoms with van der Waals surface area (Å²) >= 11 is 0. The van der Waals surface area contributed by atoms with E-state index in [2.05, 4.69) is 37.4 Å². The number of hydrogen-bond donors (Lipinski definition) is 2. The SMILES string of the molecule is CCNc1cc(N2CCC[C@H](CCC(=O)NCc3ccccn3)C2)ncn1. The van der Waals surface area contributed by atoms with Crippen molar-refractivity contribution in [1.29, 1.82) is 0 Å². The summed E-state index contributed by atoms with van der Waals surface area (Å²) < 4.78 is 0. The summed E-state index contributed by atoms with van der Waals surface area (Å²) in [5, 5.41) is 6.19. The molecule has 0 saturated carbocycles. The molecule has 2 aromatic rings. The van der Waals surface area contributed by atoms with E-state index >= 15 is 0 Å². The van der Waals surface area contributed by atoms with Crippen molar-refractivity contribution >= 4 is 17.5 Å². The number of carbonyl (C=O) groups excluding carboxylic acids is 1. The van der Waals surface area contributed by atoms with Gasteiger partial charge >= 0.3 is 0 Å². The summed E-state index contributed by atoms with van der Waals surface area (Å²) in [4.78, 5) is 27.3. The first kappa shape index (κ1) is 19.1. The Morgan fingerprint density at radius 2 is 2.22 bits per heavy atom. The number of pyridine rings is 1. The van der Waals surface area contributed by atoms with Crippen molar-refractivity contribution in [3.8, 4) is 0 Å². The molecule has 1 amide bonds. The first-order chi connectivity index (χ1) is 13.2. The van der Waals surface area contributed by atoms with Gasteiger partial charge in [-0.05, 0) is 44.2 Å². The molecule has 1 saturated heterocycles. The lowest BCUT2D eigenvalue weighted by molar-refractivity contribution is -0.121. The fraction of sp³-hybridized carbons (Fsp3) is 0.500. The van der Waals surface area contributed by atoms with Gasteiger partial charge in [0.1, 0.15) is 18.0 Å². The normalized spacial score (nSPS) is 16.8. The monoisotopic (exact) mass is 368 g/mol. The third kappa shape index (κ3) is 5.91. The Balaban J connectivity index is 1.45. The maximum Gasteiger partial charge on any atom is 0.220 e. The van der Waals surface area contributed by atoms with Crippen molar-refractivity contribution in [2.75, 3.05) is 29.9 Å². The fourth-order valence-corrected chi connectivity index (χ4v) is 3.42. The van der Waals surface area contributed by atoms with Crippen LogP contribution in [-0.2, 0) is 11.3 Å². The summed E-state index contributed by atoms with van der Waals surface area (Å²) in [5.41, 5.74) is 0.884. The van der Waals surface area contributed by atoms with Gasteiger partial charge in [0.2, 0.25) is 5.91 Å². The van der Waals surface area contributed by atoms with Gasteiger partial charge in [-0.1, -0.05) is 6.07 Å². The van der Waals surface area contributed by atoms with Crippen molar-refractivity contribution < 1.29 is 4.79 Å². The second kappa shape index (κ2) is 9.85. The minimum Gasteiger partial charge on any atom is -0.370 e. The zero-order valence-corrected chi connectivity index (χ0v) is 15.9. The molecule has 2 aromatic heterocycles. The molecular weight excluding hydrogens is 340 g/mol. The number of nitrogens with one attached hydrogen (secondary N) is 2. The minimum atomic E-state index is 0.0919. The van der Waals surface area contributed by atoms with Crippen molar-refractivity contribution in [2.24, 2.45) is 5.92 Å². The topological polar surface area (TPSA) is 83.0 Å². The molecule has 0 unspecified atom stereocenters. The molecule has 0 bridgehead atoms. The van der Waals surface area contributed by atoms with E-state index in [1.54, 1.807) is 12.5 Å². The molecule has 3 heterocycles. The van der Waals surface area contributed by atoms with Crippen LogP contribution < -0.4 is 15.5 Å². The van der Waals surface area contributed by atoms with Gasteiger partial charge < -0.3 is 15.5 Å². The largest absolute Gasteiger partial charge is 0.370 e. The molecule has 27 heavy (non-hydrogen) atoms. The van der Waals surface area contributed by atoms with Gasteiger partial charge in [0.15, 0.2) is 0 Å². The van der Waals surface area contributed by atoms with Gasteiger partial charge in [-0.2, -0.15) is 0 Å². The Morgan fingerprint density at radius 3 is 3.04 bits per heavy atom. The Labute approximate surface area is 160 Å². The fourth-order valence-electron chi connectivity index (χ4n) is 3.42. The van der Waals surface area contributed by atoms with Crippen LogP contribution in [0.15, 0.2) is 36.8 Å². The molecular formula is C20H28N6O. The molecule has 2 N–H and O–H groups in total. The number of carbonyl (C=O) groups is 1. The standard InChI is InChI=1S/C20H28N6O/c1-2-21-18-12-19(25-15-24-18)26-11-5-6-16(14-26)8-9-20(27)23-13-17-7-3-4-10-22-17/h3-4,7,10,12,15-16H,2,5-6,8-9,11,13-14H2,1H3,(H,23,27)(H,21,24,25)/t16-/m1/s1. The van der Waals surface area contributed by atoms with Gasteiger partial charge in [-0.15, -0.1) is 0 Å². The number of nitrogens with zero attached hydrogens (tertiary/aromatic N) is 4. The van der Waals surface area contributed by atoms with Gasteiger partial charge in [0.25, 0.3) is 0 Å². The van der Waals surface area contributed by atoms with Crippen LogP contribution in [0.25, 0.3) is 0 Å². The highest BCUT2D eigenvalue weighted by Crippen LogP contribution is 2.25. The number of piperidine rings is 1. The van der Waals surface area contributed by atoms with E-state index < -0.39 is 0 Å². The number of hydrogen-bond acceptors (Lipinski definition) is 6. The highest BCUT2D eigenvalue weighted by atomic mass is 16.1. The zero-order valence-electron chi connectivity index (χ0n) is 15.9. The van der Waals surface area contributed by atoms with Crippen LogP contribution in [0.4, 0.5) is 11.6 Å². The highest BCUT2D eigenvalue weighted by Gasteiger charge is 2.22. The molecule has 0 radical (unpaired) electrons. The summed E-state index contributed by atoms with van der Waals surface area (Å²) in [7, 11) is 0. The van der Waals surface area contributed by atoms with E-state index in [9.17, 15) is 4.79 Å². The Morgan fingerprint density at radius 1 is 1.30 bits per heavy atom. The average molecular weight is 368 g/mol. The van der Waals surface area contributed by atoms with E-state index in [4.69, 9.17) is 0 Å². The molecule has 1 atom stereocenters. The zero-order chi connectivity index (χ0) is 18.9. The van der Waals surface area contributed by atoms with Crippen molar-refractivity contribution in [1.82, 2.24) is 20.3 Å². The summed E-state index contributed by atoms with van der Waals surface area (Å²) in [5.74, 6) is 2.43. The van der Waals surface area contributed by atoms with Crippen molar-refractivity contribution in [2.45, 2.75) is 39.2 Å². The van der Waals surface area contributed by atoms with Crippen LogP contribution in [0.5, 0.6) is 0 Å². The van der Waals surface area contributed by atoms with Gasteiger partial charge in [0, 0.05) is 38.3 Å². The predicted molar refractivity (Wildman–Crippen MR) is 106 cm³/mol. The first-order valence-electron chi connectivity index (χ1n) is 9.72. The number of amides is 1. The molecule has 7 nitrogen and oxygen atoms in total. The van der Waals surface area contributed by atoms with E-state index in [0.717, 1.165) is 56.2 Å². The molecule has 1 aliphatic rings. The highest BCUT2D eigenvalue weighted by molar-refractivity contribution is 5.75. The molecule has 0 aromatic carbocycles. The Hall–Kier alpha value is -2.70. The summed E-state index contributed by atoms with van der Waals surface area (Å²) in [6.07, 6.45) is 7.10. The molecule has 0 spiro atoms. The van der Waals surface area contributed by atoms with Crippen LogP contribution >= 0.6 is 0 Å². The molecule has 3 rings (SSSR count). The molecule has 1 fully saturated rings. The van der Waals surface area contributed by atoms with Gasteiger partial charge in [0.05, 0.1) is 12.2 Å². The van der Waals surface area contributed by atoms with E-state index in [1.807, 2.05) is 24.3 Å². The second-order valence-electron chi connectivity index (χ2n) is 6.88. The Kier molecular flexibility index (Phi) is 6.96. The molecule has 144 valence electrons. The van der Waals surface area contributed by atoms with Crippen LogP contribution in [0.2, 0.25) is 0 Å². The number of rotatable bonds is 8. The smallest absolute Gasteiger partial charge is 0.220 e. The average Bonchev–Trinajstić information content (AvgIpc) is 2.72. The molecule has 0 aliphatic carbocycles. The van der Waals surface area contributed by atoms with Crippen LogP contribution in [-0.4, -0.2) is 40.5 Å². The minimum absolute atomic E-state index is 0.0919. The lowest BCUT2D eigenvalue weighted by atomic mass is 9.93. The van der Waals surface area contributed by atoms with Crippen LogP contribution in [0.3, 0.4) is 0 Å². The third-order valence-electron chi connectivity index (χ3n) is 4.83. The molecule has 7 heteroatoms.